The van der Waals surface area contributed by atoms with Crippen LogP contribution in [-0.4, -0.2) is 15.9 Å². The van der Waals surface area contributed by atoms with Gasteiger partial charge < -0.3 is 20.4 Å². The Bertz CT molecular complexity index is 1360. The van der Waals surface area contributed by atoms with Crippen molar-refractivity contribution in [2.45, 2.75) is 26.5 Å². The molecule has 168 valence electrons. The lowest BCUT2D eigenvalue weighted by atomic mass is 10.1. The first-order valence-corrected chi connectivity index (χ1v) is 10.8. The van der Waals surface area contributed by atoms with Gasteiger partial charge in [0.1, 0.15) is 12.4 Å². The predicted molar refractivity (Wildman–Crippen MR) is 131 cm³/mol. The molecule has 0 aliphatic rings. The largest absolute Gasteiger partial charge is 0.486 e. The number of aromatic amines is 1. The number of carbonyl (C=O) groups excluding carboxylic acids is 1. The zero-order chi connectivity index (χ0) is 23.4. The summed E-state index contributed by atoms with van der Waals surface area (Å²) in [7, 11) is 0. The molecule has 7 nitrogen and oxygen atoms in total. The number of carbonyl (C=O) groups is 1. The molecule has 0 bridgehead atoms. The standard InChI is InChI=1S/C25H23ClN4O3/c1-15(28-18-7-5-8-19(12-18)29-16(2)31)21-10-17-11-22(26)24(13-23(17)30-25(21)32)33-14-20-6-3-4-9-27-20/h3-13,15,28H,14H2,1-2H3,(H,29,31)(H,30,32)/t15-/m0/s1. The molecule has 0 aliphatic carbocycles. The highest BCUT2D eigenvalue weighted by atomic mass is 35.5. The average Bonchev–Trinajstić information content (AvgIpc) is 2.78. The van der Waals surface area contributed by atoms with Crippen molar-refractivity contribution in [3.8, 4) is 5.75 Å². The summed E-state index contributed by atoms with van der Waals surface area (Å²) >= 11 is 6.44. The van der Waals surface area contributed by atoms with Gasteiger partial charge in [-0.2, -0.15) is 0 Å². The van der Waals surface area contributed by atoms with E-state index >= 15 is 0 Å². The Balaban J connectivity index is 1.56. The lowest BCUT2D eigenvalue weighted by molar-refractivity contribution is -0.114. The number of nitrogens with one attached hydrogen (secondary N) is 3. The van der Waals surface area contributed by atoms with Gasteiger partial charge >= 0.3 is 0 Å². The van der Waals surface area contributed by atoms with Crippen LogP contribution < -0.4 is 20.9 Å². The van der Waals surface area contributed by atoms with Crippen molar-refractivity contribution >= 4 is 39.8 Å². The van der Waals surface area contributed by atoms with E-state index < -0.39 is 0 Å². The van der Waals surface area contributed by atoms with Crippen molar-refractivity contribution in [2.24, 2.45) is 0 Å². The van der Waals surface area contributed by atoms with E-state index in [1.807, 2.05) is 49.4 Å². The van der Waals surface area contributed by atoms with E-state index in [1.54, 1.807) is 24.4 Å². The van der Waals surface area contributed by atoms with E-state index in [0.717, 1.165) is 16.8 Å². The molecule has 2 heterocycles. The molecule has 0 radical (unpaired) electrons. The fraction of sp³-hybridized carbons (Fsp3) is 0.160. The Hall–Kier alpha value is -3.84. The summed E-state index contributed by atoms with van der Waals surface area (Å²) in [5, 5.41) is 7.29. The molecule has 4 rings (SSSR count). The van der Waals surface area contributed by atoms with E-state index in [2.05, 4.69) is 20.6 Å². The van der Waals surface area contributed by atoms with Gasteiger partial charge in [-0.15, -0.1) is 0 Å². The van der Waals surface area contributed by atoms with Gasteiger partial charge in [-0.05, 0) is 49.4 Å². The minimum absolute atomic E-state index is 0.147. The third-order valence-corrected chi connectivity index (χ3v) is 5.36. The summed E-state index contributed by atoms with van der Waals surface area (Å²) in [6.45, 7) is 3.62. The van der Waals surface area contributed by atoms with Crippen molar-refractivity contribution < 1.29 is 9.53 Å². The summed E-state index contributed by atoms with van der Waals surface area (Å²) in [5.41, 5.74) is 3.22. The average molecular weight is 463 g/mol. The molecule has 0 fully saturated rings. The van der Waals surface area contributed by atoms with Gasteiger partial charge in [0, 0.05) is 41.5 Å². The van der Waals surface area contributed by atoms with Crippen LogP contribution in [0.5, 0.6) is 5.75 Å². The van der Waals surface area contributed by atoms with Crippen molar-refractivity contribution in [1.82, 2.24) is 9.97 Å². The molecule has 2 aromatic heterocycles. The topological polar surface area (TPSA) is 96.1 Å². The molecule has 0 saturated heterocycles. The Morgan fingerprint density at radius 1 is 1.12 bits per heavy atom. The smallest absolute Gasteiger partial charge is 0.253 e. The number of hydrogen-bond acceptors (Lipinski definition) is 5. The number of ether oxygens (including phenoxy) is 1. The lowest BCUT2D eigenvalue weighted by Gasteiger charge is -2.17. The van der Waals surface area contributed by atoms with Crippen LogP contribution in [-0.2, 0) is 11.4 Å². The van der Waals surface area contributed by atoms with Crippen LogP contribution in [0, 0.1) is 0 Å². The molecule has 3 N–H and O–H groups in total. The normalized spacial score (nSPS) is 11.7. The second kappa shape index (κ2) is 9.75. The molecule has 0 unspecified atom stereocenters. The molecule has 0 saturated carbocycles. The summed E-state index contributed by atoms with van der Waals surface area (Å²) in [5.74, 6) is 0.325. The highest BCUT2D eigenvalue weighted by molar-refractivity contribution is 6.32. The highest BCUT2D eigenvalue weighted by Crippen LogP contribution is 2.30. The number of halogens is 1. The van der Waals surface area contributed by atoms with Crippen LogP contribution in [0.4, 0.5) is 11.4 Å². The Morgan fingerprint density at radius 3 is 2.70 bits per heavy atom. The fourth-order valence-electron chi connectivity index (χ4n) is 3.51. The molecule has 1 amide bonds. The van der Waals surface area contributed by atoms with Crippen LogP contribution in [0.15, 0.2) is 71.7 Å². The first-order valence-electron chi connectivity index (χ1n) is 10.4. The third kappa shape index (κ3) is 5.51. The van der Waals surface area contributed by atoms with Crippen molar-refractivity contribution in [3.63, 3.8) is 0 Å². The van der Waals surface area contributed by atoms with Crippen molar-refractivity contribution in [3.05, 3.63) is 93.5 Å². The van der Waals surface area contributed by atoms with Crippen LogP contribution in [0.25, 0.3) is 10.9 Å². The summed E-state index contributed by atoms with van der Waals surface area (Å²) in [4.78, 5) is 31.3. The van der Waals surface area contributed by atoms with Gasteiger partial charge in [0.25, 0.3) is 5.56 Å². The number of H-pyrrole nitrogens is 1. The van der Waals surface area contributed by atoms with Gasteiger partial charge in [-0.3, -0.25) is 14.6 Å². The molecule has 1 atom stereocenters. The quantitative estimate of drug-likeness (QED) is 0.347. The van der Waals surface area contributed by atoms with Gasteiger partial charge in [0.2, 0.25) is 5.91 Å². The van der Waals surface area contributed by atoms with Crippen LogP contribution in [0.1, 0.15) is 31.1 Å². The second-order valence-corrected chi connectivity index (χ2v) is 8.07. The second-order valence-electron chi connectivity index (χ2n) is 7.66. The molecular formula is C25H23ClN4O3. The zero-order valence-electron chi connectivity index (χ0n) is 18.2. The molecule has 0 aliphatic heterocycles. The lowest BCUT2D eigenvalue weighted by Crippen LogP contribution is -2.19. The number of nitrogens with zero attached hydrogens (tertiary/aromatic N) is 1. The van der Waals surface area contributed by atoms with E-state index in [1.165, 1.54) is 6.92 Å². The molecule has 33 heavy (non-hydrogen) atoms. The molecular weight excluding hydrogens is 440 g/mol. The molecule has 8 heteroatoms. The number of hydrogen-bond donors (Lipinski definition) is 3. The molecule has 4 aromatic rings. The van der Waals surface area contributed by atoms with Crippen LogP contribution in [0.3, 0.4) is 0 Å². The van der Waals surface area contributed by atoms with Crippen molar-refractivity contribution in [2.75, 3.05) is 10.6 Å². The first-order chi connectivity index (χ1) is 15.9. The molecule has 0 spiro atoms. The predicted octanol–water partition coefficient (Wildman–Crippen LogP) is 5.29. The third-order valence-electron chi connectivity index (χ3n) is 5.06. The highest BCUT2D eigenvalue weighted by Gasteiger charge is 2.14. The molecule has 2 aromatic carbocycles. The SMILES string of the molecule is CC(=O)Nc1cccc(N[C@@H](C)c2cc3cc(Cl)c(OCc4ccccn4)cc3[nH]c2=O)c1. The minimum Gasteiger partial charge on any atom is -0.486 e. The minimum atomic E-state index is -0.287. The zero-order valence-corrected chi connectivity index (χ0v) is 18.9. The first kappa shape index (κ1) is 22.4. The number of aromatic nitrogens is 2. The monoisotopic (exact) mass is 462 g/mol. The number of rotatable bonds is 7. The van der Waals surface area contributed by atoms with Crippen LogP contribution >= 0.6 is 11.6 Å². The maximum Gasteiger partial charge on any atom is 0.253 e. The summed E-state index contributed by atoms with van der Waals surface area (Å²) in [6, 6.07) is 17.9. The van der Waals surface area contributed by atoms with Crippen LogP contribution in [0.2, 0.25) is 5.02 Å². The number of benzene rings is 2. The van der Waals surface area contributed by atoms with Gasteiger partial charge in [-0.1, -0.05) is 23.7 Å². The maximum absolute atomic E-state index is 12.8. The van der Waals surface area contributed by atoms with Gasteiger partial charge in [0.15, 0.2) is 0 Å². The summed E-state index contributed by atoms with van der Waals surface area (Å²) in [6.07, 6.45) is 1.70. The number of amides is 1. The number of anilines is 2. The Labute approximate surface area is 195 Å². The Morgan fingerprint density at radius 2 is 1.94 bits per heavy atom. The van der Waals surface area contributed by atoms with Crippen molar-refractivity contribution in [1.29, 1.82) is 0 Å². The Kier molecular flexibility index (Phi) is 6.60. The van der Waals surface area contributed by atoms with E-state index in [-0.39, 0.29) is 24.1 Å². The fourth-order valence-corrected chi connectivity index (χ4v) is 3.74. The number of pyridine rings is 2. The maximum atomic E-state index is 12.8. The van der Waals surface area contributed by atoms with Gasteiger partial charge in [0.05, 0.1) is 22.3 Å². The number of fused-ring (bicyclic) bond motifs is 1. The van der Waals surface area contributed by atoms with E-state index in [4.69, 9.17) is 16.3 Å². The van der Waals surface area contributed by atoms with E-state index in [0.29, 0.717) is 27.5 Å². The van der Waals surface area contributed by atoms with E-state index in [9.17, 15) is 9.59 Å². The van der Waals surface area contributed by atoms with Gasteiger partial charge in [-0.25, -0.2) is 0 Å². The summed E-state index contributed by atoms with van der Waals surface area (Å²) < 4.78 is 5.81.